The monoisotopic (exact) mass is 271 g/mol. The van der Waals surface area contributed by atoms with E-state index >= 15 is 0 Å². The zero-order valence-corrected chi connectivity index (χ0v) is 11.7. The van der Waals surface area contributed by atoms with Crippen LogP contribution in [0.25, 0.3) is 0 Å². The third-order valence-electron chi connectivity index (χ3n) is 3.67. The fourth-order valence-electron chi connectivity index (χ4n) is 2.78. The molecule has 104 valence electrons. The Labute approximate surface area is 117 Å². The second-order valence-corrected chi connectivity index (χ2v) is 5.01. The van der Waals surface area contributed by atoms with E-state index < -0.39 is 5.97 Å². The van der Waals surface area contributed by atoms with E-state index in [-0.39, 0.29) is 11.7 Å². The van der Waals surface area contributed by atoms with Crippen LogP contribution in [0.4, 0.5) is 0 Å². The molecule has 1 aliphatic carbocycles. The third-order valence-corrected chi connectivity index (χ3v) is 3.67. The van der Waals surface area contributed by atoms with Crippen LogP contribution >= 0.6 is 0 Å². The van der Waals surface area contributed by atoms with Gasteiger partial charge in [-0.1, -0.05) is 24.3 Å². The van der Waals surface area contributed by atoms with Crippen molar-refractivity contribution < 1.29 is 9.53 Å². The van der Waals surface area contributed by atoms with Gasteiger partial charge in [-0.15, -0.1) is 5.10 Å². The number of aromatic nitrogens is 3. The first-order chi connectivity index (χ1) is 9.69. The lowest BCUT2D eigenvalue weighted by atomic mass is 10.1. The van der Waals surface area contributed by atoms with Crippen LogP contribution in [0, 0.1) is 0 Å². The molecule has 0 spiro atoms. The van der Waals surface area contributed by atoms with Crippen molar-refractivity contribution in [3.05, 3.63) is 47.0 Å². The predicted octanol–water partition coefficient (Wildman–Crippen LogP) is 1.87. The van der Waals surface area contributed by atoms with E-state index in [2.05, 4.69) is 34.3 Å². The maximum Gasteiger partial charge on any atom is 0.378 e. The van der Waals surface area contributed by atoms with Gasteiger partial charge in [0.1, 0.15) is 5.82 Å². The molecule has 0 aliphatic heterocycles. The lowest BCUT2D eigenvalue weighted by molar-refractivity contribution is 0.0512. The number of rotatable bonds is 3. The predicted molar refractivity (Wildman–Crippen MR) is 73.6 cm³/mol. The molecule has 0 N–H and O–H groups in total. The van der Waals surface area contributed by atoms with Crippen LogP contribution in [0.2, 0.25) is 0 Å². The molecular formula is C15H17N3O2. The van der Waals surface area contributed by atoms with Crippen LogP contribution in [0.5, 0.6) is 0 Å². The van der Waals surface area contributed by atoms with Crippen molar-refractivity contribution in [2.75, 3.05) is 6.61 Å². The molecule has 2 aromatic rings. The van der Waals surface area contributed by atoms with Gasteiger partial charge in [-0.25, -0.2) is 9.78 Å². The van der Waals surface area contributed by atoms with Crippen molar-refractivity contribution in [2.45, 2.75) is 25.7 Å². The lowest BCUT2D eigenvalue weighted by Crippen LogP contribution is -2.07. The number of hydrogen-bond acceptors (Lipinski definition) is 4. The van der Waals surface area contributed by atoms with Gasteiger partial charge >= 0.3 is 5.97 Å². The Hall–Kier alpha value is -2.17. The van der Waals surface area contributed by atoms with Crippen LogP contribution in [-0.2, 0) is 24.6 Å². The molecule has 0 saturated heterocycles. The topological polar surface area (TPSA) is 57.0 Å². The molecule has 20 heavy (non-hydrogen) atoms. The highest BCUT2D eigenvalue weighted by atomic mass is 16.5. The van der Waals surface area contributed by atoms with Crippen LogP contribution in [0.3, 0.4) is 0 Å². The van der Waals surface area contributed by atoms with Crippen LogP contribution in [-0.4, -0.2) is 27.3 Å². The van der Waals surface area contributed by atoms with Crippen molar-refractivity contribution in [3.8, 4) is 0 Å². The van der Waals surface area contributed by atoms with Gasteiger partial charge in [-0.05, 0) is 30.9 Å². The standard InChI is InChI=1S/C15H17N3O2/c1-3-20-15(19)13-16-14(18(2)17-13)12-8-10-6-4-5-7-11(10)9-12/h4-7,12H,3,8-9H2,1-2H3. The largest absolute Gasteiger partial charge is 0.460 e. The Morgan fingerprint density at radius 2 is 2.00 bits per heavy atom. The third kappa shape index (κ3) is 2.19. The molecule has 1 aliphatic rings. The minimum absolute atomic E-state index is 0.153. The molecule has 1 aromatic carbocycles. The van der Waals surface area contributed by atoms with Crippen molar-refractivity contribution in [2.24, 2.45) is 7.05 Å². The summed E-state index contributed by atoms with van der Waals surface area (Å²) in [5.41, 5.74) is 2.72. The summed E-state index contributed by atoms with van der Waals surface area (Å²) < 4.78 is 6.64. The number of ether oxygens (including phenoxy) is 1. The molecule has 0 atom stereocenters. The first-order valence-electron chi connectivity index (χ1n) is 6.84. The number of aryl methyl sites for hydroxylation is 1. The first-order valence-corrected chi connectivity index (χ1v) is 6.84. The molecule has 1 heterocycles. The highest BCUT2D eigenvalue weighted by molar-refractivity contribution is 5.85. The lowest BCUT2D eigenvalue weighted by Gasteiger charge is -2.06. The van der Waals surface area contributed by atoms with Gasteiger partial charge in [0.15, 0.2) is 0 Å². The van der Waals surface area contributed by atoms with Crippen molar-refractivity contribution >= 4 is 5.97 Å². The van der Waals surface area contributed by atoms with E-state index in [1.165, 1.54) is 11.1 Å². The highest BCUT2D eigenvalue weighted by Crippen LogP contribution is 2.32. The SMILES string of the molecule is CCOC(=O)c1nc(C2Cc3ccccc3C2)n(C)n1. The summed E-state index contributed by atoms with van der Waals surface area (Å²) in [5, 5.41) is 4.17. The number of hydrogen-bond donors (Lipinski definition) is 0. The molecule has 0 bridgehead atoms. The van der Waals surface area contributed by atoms with Gasteiger partial charge in [-0.3, -0.25) is 4.68 Å². The fraction of sp³-hybridized carbons (Fsp3) is 0.400. The number of benzene rings is 1. The second-order valence-electron chi connectivity index (χ2n) is 5.01. The van der Waals surface area contributed by atoms with Gasteiger partial charge in [0.05, 0.1) is 6.61 Å². The fourth-order valence-corrected chi connectivity index (χ4v) is 2.78. The average molecular weight is 271 g/mol. The number of fused-ring (bicyclic) bond motifs is 1. The molecule has 0 saturated carbocycles. The zero-order chi connectivity index (χ0) is 14.1. The molecular weight excluding hydrogens is 254 g/mol. The van der Waals surface area contributed by atoms with Gasteiger partial charge in [0, 0.05) is 13.0 Å². The molecule has 5 nitrogen and oxygen atoms in total. The first kappa shape index (κ1) is 12.8. The summed E-state index contributed by atoms with van der Waals surface area (Å²) >= 11 is 0. The van der Waals surface area contributed by atoms with Gasteiger partial charge < -0.3 is 4.74 Å². The summed E-state index contributed by atoms with van der Waals surface area (Å²) in [6, 6.07) is 8.42. The Kier molecular flexibility index (Phi) is 3.26. The Morgan fingerprint density at radius 1 is 1.35 bits per heavy atom. The summed E-state index contributed by atoms with van der Waals surface area (Å²) in [4.78, 5) is 16.1. The number of carbonyl (C=O) groups is 1. The summed E-state index contributed by atoms with van der Waals surface area (Å²) in [6.45, 7) is 2.11. The van der Waals surface area contributed by atoms with Gasteiger partial charge in [-0.2, -0.15) is 0 Å². The van der Waals surface area contributed by atoms with Crippen molar-refractivity contribution in [3.63, 3.8) is 0 Å². The Balaban J connectivity index is 1.84. The second kappa shape index (κ2) is 5.07. The molecule has 0 radical (unpaired) electrons. The minimum atomic E-state index is -0.454. The van der Waals surface area contributed by atoms with Crippen molar-refractivity contribution in [1.82, 2.24) is 14.8 Å². The van der Waals surface area contributed by atoms with Crippen LogP contribution < -0.4 is 0 Å². The van der Waals surface area contributed by atoms with E-state index in [4.69, 9.17) is 4.74 Å². The maximum atomic E-state index is 11.7. The molecule has 1 aromatic heterocycles. The molecule has 0 unspecified atom stereocenters. The smallest absolute Gasteiger partial charge is 0.378 e. The normalized spacial score (nSPS) is 14.3. The molecule has 0 amide bonds. The van der Waals surface area contributed by atoms with E-state index in [9.17, 15) is 4.79 Å². The van der Waals surface area contributed by atoms with Gasteiger partial charge in [0.2, 0.25) is 0 Å². The van der Waals surface area contributed by atoms with E-state index in [0.717, 1.165) is 18.7 Å². The molecule has 5 heteroatoms. The van der Waals surface area contributed by atoms with Crippen LogP contribution in [0.15, 0.2) is 24.3 Å². The average Bonchev–Trinajstić information content (AvgIpc) is 3.01. The minimum Gasteiger partial charge on any atom is -0.460 e. The van der Waals surface area contributed by atoms with Crippen molar-refractivity contribution in [1.29, 1.82) is 0 Å². The summed E-state index contributed by atoms with van der Waals surface area (Å²) in [7, 11) is 1.83. The molecule has 3 rings (SSSR count). The van der Waals surface area contributed by atoms with Gasteiger partial charge in [0.25, 0.3) is 5.82 Å². The summed E-state index contributed by atoms with van der Waals surface area (Å²) in [5.74, 6) is 0.836. The van der Waals surface area contributed by atoms with Crippen LogP contribution in [0.1, 0.15) is 40.4 Å². The Bertz CT molecular complexity index is 623. The van der Waals surface area contributed by atoms with E-state index in [0.29, 0.717) is 6.61 Å². The quantitative estimate of drug-likeness (QED) is 0.800. The number of nitrogens with zero attached hydrogens (tertiary/aromatic N) is 3. The Morgan fingerprint density at radius 3 is 2.60 bits per heavy atom. The van der Waals surface area contributed by atoms with E-state index in [1.807, 2.05) is 7.05 Å². The highest BCUT2D eigenvalue weighted by Gasteiger charge is 2.28. The summed E-state index contributed by atoms with van der Waals surface area (Å²) in [6.07, 6.45) is 1.90. The molecule has 0 fully saturated rings. The zero-order valence-electron chi connectivity index (χ0n) is 11.7. The van der Waals surface area contributed by atoms with E-state index in [1.54, 1.807) is 11.6 Å². The number of carbonyl (C=O) groups excluding carboxylic acids is 1. The maximum absolute atomic E-state index is 11.7. The number of esters is 1.